The summed E-state index contributed by atoms with van der Waals surface area (Å²) in [5.74, 6) is -0.570. The molecular weight excluding hydrogens is 366 g/mol. The second-order valence-electron chi connectivity index (χ2n) is 7.12. The molecule has 3 heterocycles. The van der Waals surface area contributed by atoms with E-state index in [1.807, 2.05) is 10.8 Å². The SMILES string of the molecule is N#Cc1sccc1C(=O)N1CC(CO)(NC(=O)c2cnn(C3CCC3)c2)C1. The largest absolute Gasteiger partial charge is 0.394 e. The number of nitrogens with one attached hydrogen (secondary N) is 1. The third kappa shape index (κ3) is 3.11. The summed E-state index contributed by atoms with van der Waals surface area (Å²) in [5.41, 5.74) is -0.0556. The van der Waals surface area contributed by atoms with E-state index in [0.29, 0.717) is 22.0 Å². The van der Waals surface area contributed by atoms with Crippen LogP contribution in [0.25, 0.3) is 0 Å². The zero-order valence-corrected chi connectivity index (χ0v) is 15.4. The van der Waals surface area contributed by atoms with Gasteiger partial charge in [-0.15, -0.1) is 11.3 Å². The van der Waals surface area contributed by atoms with Gasteiger partial charge in [0.05, 0.1) is 35.5 Å². The maximum absolute atomic E-state index is 12.5. The molecule has 2 amide bonds. The highest BCUT2D eigenvalue weighted by Gasteiger charge is 2.46. The highest BCUT2D eigenvalue weighted by Crippen LogP contribution is 2.31. The highest BCUT2D eigenvalue weighted by molar-refractivity contribution is 7.10. The van der Waals surface area contributed by atoms with Crippen molar-refractivity contribution in [1.29, 1.82) is 5.26 Å². The number of carbonyl (C=O) groups excluding carboxylic acids is 2. The number of aliphatic hydroxyl groups excluding tert-OH is 1. The Balaban J connectivity index is 1.40. The van der Waals surface area contributed by atoms with E-state index in [0.717, 1.165) is 12.8 Å². The molecule has 8 nitrogen and oxygen atoms in total. The lowest BCUT2D eigenvalue weighted by Crippen LogP contribution is -2.73. The number of aliphatic hydroxyl groups is 1. The Bertz CT molecular complexity index is 918. The number of carbonyl (C=O) groups is 2. The van der Waals surface area contributed by atoms with Gasteiger partial charge in [0.2, 0.25) is 0 Å². The van der Waals surface area contributed by atoms with Gasteiger partial charge in [0.15, 0.2) is 0 Å². The molecule has 2 fully saturated rings. The van der Waals surface area contributed by atoms with E-state index in [1.54, 1.807) is 17.6 Å². The zero-order valence-electron chi connectivity index (χ0n) is 14.6. The van der Waals surface area contributed by atoms with Crippen molar-refractivity contribution in [2.75, 3.05) is 19.7 Å². The third-order valence-corrected chi connectivity index (χ3v) is 6.08. The molecule has 0 aromatic carbocycles. The van der Waals surface area contributed by atoms with E-state index in [9.17, 15) is 14.7 Å². The molecule has 0 bridgehead atoms. The molecule has 27 heavy (non-hydrogen) atoms. The first-order valence-electron chi connectivity index (χ1n) is 8.80. The Kier molecular flexibility index (Phi) is 4.45. The van der Waals surface area contributed by atoms with Crippen LogP contribution in [0.4, 0.5) is 0 Å². The van der Waals surface area contributed by atoms with Crippen molar-refractivity contribution in [3.05, 3.63) is 39.8 Å². The number of likely N-dealkylation sites (tertiary alicyclic amines) is 1. The van der Waals surface area contributed by atoms with E-state index in [1.165, 1.54) is 28.9 Å². The predicted octanol–water partition coefficient (Wildman–Crippen LogP) is 1.16. The Morgan fingerprint density at radius 3 is 2.85 bits per heavy atom. The average molecular weight is 385 g/mol. The molecule has 140 valence electrons. The summed E-state index contributed by atoms with van der Waals surface area (Å²) in [4.78, 5) is 27.0. The van der Waals surface area contributed by atoms with Crippen LogP contribution in [0.1, 0.15) is 50.9 Å². The first-order valence-corrected chi connectivity index (χ1v) is 9.67. The highest BCUT2D eigenvalue weighted by atomic mass is 32.1. The van der Waals surface area contributed by atoms with E-state index >= 15 is 0 Å². The van der Waals surface area contributed by atoms with Crippen LogP contribution in [0.5, 0.6) is 0 Å². The molecule has 0 spiro atoms. The van der Waals surface area contributed by atoms with Crippen LogP contribution in [-0.4, -0.2) is 56.8 Å². The summed E-state index contributed by atoms with van der Waals surface area (Å²) in [6.45, 7) is 0.130. The van der Waals surface area contributed by atoms with Gasteiger partial charge < -0.3 is 15.3 Å². The number of amides is 2. The molecule has 2 aliphatic rings. The second kappa shape index (κ2) is 6.79. The van der Waals surface area contributed by atoms with Gasteiger partial charge in [-0.05, 0) is 30.7 Å². The Morgan fingerprint density at radius 2 is 2.22 bits per heavy atom. The maximum Gasteiger partial charge on any atom is 0.256 e. The minimum absolute atomic E-state index is 0.200. The standard InChI is InChI=1S/C18H19N5O3S/c19-6-15-14(4-5-27-15)17(26)22-9-18(10-22,11-24)21-16(25)12-7-20-23(8-12)13-2-1-3-13/h4-5,7-8,13,24H,1-3,9-11H2,(H,21,25). The molecule has 9 heteroatoms. The predicted molar refractivity (Wildman–Crippen MR) is 97.3 cm³/mol. The zero-order chi connectivity index (χ0) is 19.0. The van der Waals surface area contributed by atoms with Crippen LogP contribution >= 0.6 is 11.3 Å². The lowest BCUT2D eigenvalue weighted by molar-refractivity contribution is 0.00517. The van der Waals surface area contributed by atoms with Gasteiger partial charge >= 0.3 is 0 Å². The first-order chi connectivity index (χ1) is 13.0. The number of thiophene rings is 1. The number of hydrogen-bond acceptors (Lipinski definition) is 6. The van der Waals surface area contributed by atoms with Crippen molar-refractivity contribution in [3.63, 3.8) is 0 Å². The number of rotatable bonds is 5. The molecule has 0 atom stereocenters. The summed E-state index contributed by atoms with van der Waals surface area (Å²) < 4.78 is 1.82. The van der Waals surface area contributed by atoms with Crippen molar-refractivity contribution < 1.29 is 14.7 Å². The summed E-state index contributed by atoms with van der Waals surface area (Å²) in [5, 5.41) is 27.6. The van der Waals surface area contributed by atoms with Gasteiger partial charge in [-0.2, -0.15) is 10.4 Å². The smallest absolute Gasteiger partial charge is 0.256 e. The van der Waals surface area contributed by atoms with Gasteiger partial charge in [-0.25, -0.2) is 0 Å². The molecule has 2 aromatic heterocycles. The number of nitrogens with zero attached hydrogens (tertiary/aromatic N) is 4. The van der Waals surface area contributed by atoms with Crippen molar-refractivity contribution in [1.82, 2.24) is 20.0 Å². The maximum atomic E-state index is 12.5. The molecular formula is C18H19N5O3S. The first kappa shape index (κ1) is 17.7. The fraction of sp³-hybridized carbons (Fsp3) is 0.444. The van der Waals surface area contributed by atoms with Crippen LogP contribution in [0.3, 0.4) is 0 Å². The molecule has 1 aliphatic carbocycles. The fourth-order valence-electron chi connectivity index (χ4n) is 3.40. The lowest BCUT2D eigenvalue weighted by atomic mass is 9.89. The van der Waals surface area contributed by atoms with Crippen molar-refractivity contribution in [2.24, 2.45) is 0 Å². The van der Waals surface area contributed by atoms with Gasteiger partial charge in [-0.3, -0.25) is 14.3 Å². The van der Waals surface area contributed by atoms with Crippen LogP contribution in [-0.2, 0) is 0 Å². The second-order valence-corrected chi connectivity index (χ2v) is 8.04. The Morgan fingerprint density at radius 1 is 1.44 bits per heavy atom. The molecule has 2 aromatic rings. The molecule has 1 saturated heterocycles. The van der Waals surface area contributed by atoms with Crippen molar-refractivity contribution >= 4 is 23.2 Å². The number of nitriles is 1. The van der Waals surface area contributed by atoms with E-state index in [2.05, 4.69) is 10.4 Å². The molecule has 1 saturated carbocycles. The number of aromatic nitrogens is 2. The summed E-state index contributed by atoms with van der Waals surface area (Å²) in [7, 11) is 0. The van der Waals surface area contributed by atoms with Gasteiger partial charge in [0, 0.05) is 19.3 Å². The van der Waals surface area contributed by atoms with Crippen molar-refractivity contribution in [2.45, 2.75) is 30.8 Å². The molecule has 0 unspecified atom stereocenters. The van der Waals surface area contributed by atoms with E-state index < -0.39 is 5.54 Å². The topological polar surface area (TPSA) is 111 Å². The van der Waals surface area contributed by atoms with Crippen LogP contribution < -0.4 is 5.32 Å². The van der Waals surface area contributed by atoms with Crippen molar-refractivity contribution in [3.8, 4) is 6.07 Å². The van der Waals surface area contributed by atoms with Crippen LogP contribution in [0.15, 0.2) is 23.8 Å². The monoisotopic (exact) mass is 385 g/mol. The van der Waals surface area contributed by atoms with Crippen LogP contribution in [0, 0.1) is 11.3 Å². The molecule has 4 rings (SSSR count). The van der Waals surface area contributed by atoms with E-state index in [4.69, 9.17) is 5.26 Å². The molecule has 0 radical (unpaired) electrons. The summed E-state index contributed by atoms with van der Waals surface area (Å²) in [6, 6.07) is 4.00. The minimum Gasteiger partial charge on any atom is -0.394 e. The minimum atomic E-state index is -0.867. The lowest BCUT2D eigenvalue weighted by Gasteiger charge is -2.49. The van der Waals surface area contributed by atoms with Gasteiger partial charge in [0.1, 0.15) is 10.9 Å². The molecule has 1 aliphatic heterocycles. The Hall–Kier alpha value is -2.70. The normalized spacial score (nSPS) is 18.3. The van der Waals surface area contributed by atoms with Gasteiger partial charge in [0.25, 0.3) is 11.8 Å². The molecule has 2 N–H and O–H groups in total. The summed E-state index contributed by atoms with van der Waals surface area (Å²) >= 11 is 1.22. The fourth-order valence-corrected chi connectivity index (χ4v) is 4.08. The summed E-state index contributed by atoms with van der Waals surface area (Å²) in [6.07, 6.45) is 6.60. The Labute approximate surface area is 160 Å². The van der Waals surface area contributed by atoms with Gasteiger partial charge in [-0.1, -0.05) is 0 Å². The average Bonchev–Trinajstić information content (AvgIpc) is 3.24. The third-order valence-electron chi connectivity index (χ3n) is 5.27. The van der Waals surface area contributed by atoms with E-state index in [-0.39, 0.29) is 31.5 Å². The number of hydrogen-bond donors (Lipinski definition) is 2. The quantitative estimate of drug-likeness (QED) is 0.802. The van der Waals surface area contributed by atoms with Crippen LogP contribution in [0.2, 0.25) is 0 Å².